The SMILES string of the molecule is CC=CC(=O)N(CC)CC(=O)NC(C)(C)C. The fraction of sp³-hybridized carbons (Fsp3) is 0.667. The van der Waals surface area contributed by atoms with Crippen LogP contribution >= 0.6 is 0 Å². The van der Waals surface area contributed by atoms with Crippen LogP contribution in [0.1, 0.15) is 34.6 Å². The van der Waals surface area contributed by atoms with E-state index < -0.39 is 0 Å². The molecule has 0 aliphatic heterocycles. The summed E-state index contributed by atoms with van der Waals surface area (Å²) in [6, 6.07) is 0. The quantitative estimate of drug-likeness (QED) is 0.735. The van der Waals surface area contributed by atoms with Crippen molar-refractivity contribution in [2.24, 2.45) is 0 Å². The van der Waals surface area contributed by atoms with Crippen molar-refractivity contribution in [1.82, 2.24) is 10.2 Å². The van der Waals surface area contributed by atoms with Crippen LogP contribution in [0.5, 0.6) is 0 Å². The van der Waals surface area contributed by atoms with Gasteiger partial charge >= 0.3 is 0 Å². The number of allylic oxidation sites excluding steroid dienone is 1. The predicted molar refractivity (Wildman–Crippen MR) is 65.0 cm³/mol. The van der Waals surface area contributed by atoms with Crippen molar-refractivity contribution in [3.63, 3.8) is 0 Å². The molecule has 1 N–H and O–H groups in total. The summed E-state index contributed by atoms with van der Waals surface area (Å²) >= 11 is 0. The Balaban J connectivity index is 4.33. The number of nitrogens with one attached hydrogen (secondary N) is 1. The molecule has 92 valence electrons. The van der Waals surface area contributed by atoms with Gasteiger partial charge in [-0.3, -0.25) is 9.59 Å². The van der Waals surface area contributed by atoms with Gasteiger partial charge in [0.25, 0.3) is 0 Å². The van der Waals surface area contributed by atoms with E-state index in [4.69, 9.17) is 0 Å². The van der Waals surface area contributed by atoms with Crippen LogP contribution in [0.15, 0.2) is 12.2 Å². The van der Waals surface area contributed by atoms with Crippen LogP contribution in [0.25, 0.3) is 0 Å². The highest BCUT2D eigenvalue weighted by atomic mass is 16.2. The van der Waals surface area contributed by atoms with Crippen LogP contribution in [0.4, 0.5) is 0 Å². The van der Waals surface area contributed by atoms with Gasteiger partial charge in [0.05, 0.1) is 6.54 Å². The summed E-state index contributed by atoms with van der Waals surface area (Å²) in [6.07, 6.45) is 3.14. The predicted octanol–water partition coefficient (Wildman–Crippen LogP) is 1.33. The Bertz CT molecular complexity index is 277. The zero-order chi connectivity index (χ0) is 12.8. The molecule has 16 heavy (non-hydrogen) atoms. The van der Waals surface area contributed by atoms with E-state index in [0.717, 1.165) is 0 Å². The number of hydrogen-bond donors (Lipinski definition) is 1. The first kappa shape index (κ1) is 14.7. The third kappa shape index (κ3) is 6.22. The molecule has 0 atom stereocenters. The molecule has 2 amide bonds. The fourth-order valence-electron chi connectivity index (χ4n) is 1.22. The molecular weight excluding hydrogens is 204 g/mol. The van der Waals surface area contributed by atoms with Crippen LogP contribution in [0, 0.1) is 0 Å². The van der Waals surface area contributed by atoms with Crippen LogP contribution in [-0.2, 0) is 9.59 Å². The normalized spacial score (nSPS) is 11.6. The number of hydrogen-bond acceptors (Lipinski definition) is 2. The molecule has 0 fully saturated rings. The molecule has 0 aromatic carbocycles. The number of carbonyl (C=O) groups is 2. The molecule has 0 aromatic rings. The lowest BCUT2D eigenvalue weighted by molar-refractivity contribution is -0.132. The van der Waals surface area contributed by atoms with Crippen molar-refractivity contribution >= 4 is 11.8 Å². The van der Waals surface area contributed by atoms with Gasteiger partial charge in [-0.15, -0.1) is 0 Å². The molecule has 0 bridgehead atoms. The Morgan fingerprint density at radius 3 is 2.25 bits per heavy atom. The third-order valence-corrected chi connectivity index (χ3v) is 1.85. The van der Waals surface area contributed by atoms with Gasteiger partial charge in [-0.25, -0.2) is 0 Å². The van der Waals surface area contributed by atoms with Crippen molar-refractivity contribution < 1.29 is 9.59 Å². The third-order valence-electron chi connectivity index (χ3n) is 1.85. The lowest BCUT2D eigenvalue weighted by Gasteiger charge is -2.24. The molecule has 0 aromatic heterocycles. The second-order valence-electron chi connectivity index (χ2n) is 4.65. The lowest BCUT2D eigenvalue weighted by Crippen LogP contribution is -2.47. The van der Waals surface area contributed by atoms with E-state index in [9.17, 15) is 9.59 Å². The molecule has 0 radical (unpaired) electrons. The van der Waals surface area contributed by atoms with Gasteiger partial charge in [-0.2, -0.15) is 0 Å². The smallest absolute Gasteiger partial charge is 0.246 e. The highest BCUT2D eigenvalue weighted by Crippen LogP contribution is 1.99. The summed E-state index contributed by atoms with van der Waals surface area (Å²) in [6.45, 7) is 10.0. The van der Waals surface area contributed by atoms with E-state index in [-0.39, 0.29) is 23.9 Å². The average Bonchev–Trinajstić information content (AvgIpc) is 2.11. The van der Waals surface area contributed by atoms with Crippen molar-refractivity contribution in [2.45, 2.75) is 40.2 Å². The molecule has 0 rings (SSSR count). The fourth-order valence-corrected chi connectivity index (χ4v) is 1.22. The molecule has 0 spiro atoms. The second-order valence-corrected chi connectivity index (χ2v) is 4.65. The van der Waals surface area contributed by atoms with Crippen LogP contribution < -0.4 is 5.32 Å². The highest BCUT2D eigenvalue weighted by molar-refractivity contribution is 5.91. The Hall–Kier alpha value is -1.32. The number of carbonyl (C=O) groups excluding carboxylic acids is 2. The Labute approximate surface area is 97.7 Å². The topological polar surface area (TPSA) is 49.4 Å². The van der Waals surface area contributed by atoms with E-state index in [2.05, 4.69) is 5.32 Å². The summed E-state index contributed by atoms with van der Waals surface area (Å²) in [7, 11) is 0. The first-order valence-corrected chi connectivity index (χ1v) is 5.52. The monoisotopic (exact) mass is 226 g/mol. The average molecular weight is 226 g/mol. The van der Waals surface area contributed by atoms with Crippen LogP contribution in [0.2, 0.25) is 0 Å². The maximum absolute atomic E-state index is 11.6. The molecule has 0 aliphatic rings. The van der Waals surface area contributed by atoms with E-state index in [1.54, 1.807) is 13.0 Å². The lowest BCUT2D eigenvalue weighted by atomic mass is 10.1. The van der Waals surface area contributed by atoms with Gasteiger partial charge in [0.1, 0.15) is 0 Å². The summed E-state index contributed by atoms with van der Waals surface area (Å²) in [5, 5.41) is 2.82. The van der Waals surface area contributed by atoms with Crippen LogP contribution in [-0.4, -0.2) is 35.3 Å². The van der Waals surface area contributed by atoms with Crippen LogP contribution in [0.3, 0.4) is 0 Å². The Kier molecular flexibility index (Phi) is 5.78. The minimum atomic E-state index is -0.264. The van der Waals surface area contributed by atoms with Gasteiger partial charge in [-0.05, 0) is 40.7 Å². The molecule has 0 saturated carbocycles. The minimum Gasteiger partial charge on any atom is -0.350 e. The number of likely N-dealkylation sites (N-methyl/N-ethyl adjacent to an activating group) is 1. The summed E-state index contributed by atoms with van der Waals surface area (Å²) < 4.78 is 0. The van der Waals surface area contributed by atoms with Gasteiger partial charge in [0.15, 0.2) is 0 Å². The molecule has 0 saturated heterocycles. The molecule has 4 heteroatoms. The van der Waals surface area contributed by atoms with Crippen molar-refractivity contribution in [2.75, 3.05) is 13.1 Å². The summed E-state index contributed by atoms with van der Waals surface area (Å²) in [5.74, 6) is -0.263. The van der Waals surface area contributed by atoms with Gasteiger partial charge < -0.3 is 10.2 Å². The largest absolute Gasteiger partial charge is 0.350 e. The first-order chi connectivity index (χ1) is 7.30. The maximum Gasteiger partial charge on any atom is 0.246 e. The van der Waals surface area contributed by atoms with Crippen molar-refractivity contribution in [3.05, 3.63) is 12.2 Å². The molecule has 0 aliphatic carbocycles. The molecular formula is C12H22N2O2. The summed E-state index contributed by atoms with van der Waals surface area (Å²) in [4.78, 5) is 24.6. The van der Waals surface area contributed by atoms with Gasteiger partial charge in [0.2, 0.25) is 11.8 Å². The van der Waals surface area contributed by atoms with E-state index in [1.165, 1.54) is 11.0 Å². The number of amides is 2. The number of nitrogens with zero attached hydrogens (tertiary/aromatic N) is 1. The van der Waals surface area contributed by atoms with E-state index >= 15 is 0 Å². The molecule has 0 unspecified atom stereocenters. The van der Waals surface area contributed by atoms with Crippen molar-refractivity contribution in [3.8, 4) is 0 Å². The Morgan fingerprint density at radius 2 is 1.88 bits per heavy atom. The zero-order valence-electron chi connectivity index (χ0n) is 10.8. The standard InChI is InChI=1S/C12H22N2O2/c1-6-8-11(16)14(7-2)9-10(15)13-12(3,4)5/h6,8H,7,9H2,1-5H3,(H,13,15). The maximum atomic E-state index is 11.6. The minimum absolute atomic E-state index is 0.108. The highest BCUT2D eigenvalue weighted by Gasteiger charge is 2.17. The van der Waals surface area contributed by atoms with Gasteiger partial charge in [-0.1, -0.05) is 6.08 Å². The number of rotatable bonds is 4. The summed E-state index contributed by atoms with van der Waals surface area (Å²) in [5.41, 5.74) is -0.264. The van der Waals surface area contributed by atoms with E-state index in [1.807, 2.05) is 27.7 Å². The van der Waals surface area contributed by atoms with Crippen molar-refractivity contribution in [1.29, 1.82) is 0 Å². The first-order valence-electron chi connectivity index (χ1n) is 5.52. The molecule has 4 nitrogen and oxygen atoms in total. The van der Waals surface area contributed by atoms with E-state index in [0.29, 0.717) is 6.54 Å². The second kappa shape index (κ2) is 6.30. The zero-order valence-corrected chi connectivity index (χ0v) is 10.8. The van der Waals surface area contributed by atoms with Gasteiger partial charge in [0, 0.05) is 12.1 Å². The molecule has 0 heterocycles. The Morgan fingerprint density at radius 1 is 1.31 bits per heavy atom.